The monoisotopic (exact) mass is 544 g/mol. The van der Waals surface area contributed by atoms with E-state index in [9.17, 15) is 9.59 Å². The molecule has 4 aromatic rings. The highest BCUT2D eigenvalue weighted by molar-refractivity contribution is 5.94. The highest BCUT2D eigenvalue weighted by Gasteiger charge is 2.30. The summed E-state index contributed by atoms with van der Waals surface area (Å²) in [4.78, 5) is 31.3. The van der Waals surface area contributed by atoms with E-state index in [1.165, 1.54) is 0 Å². The Morgan fingerprint density at radius 2 is 1.54 bits per heavy atom. The van der Waals surface area contributed by atoms with Crippen molar-refractivity contribution in [1.29, 1.82) is 5.26 Å². The molecule has 1 aromatic heterocycles. The fourth-order valence-electron chi connectivity index (χ4n) is 5.23. The lowest BCUT2D eigenvalue weighted by molar-refractivity contribution is 0.1000. The van der Waals surface area contributed by atoms with E-state index in [4.69, 9.17) is 11.0 Å². The third-order valence-electron chi connectivity index (χ3n) is 7.46. The molecule has 4 N–H and O–H groups in total. The van der Waals surface area contributed by atoms with Crippen LogP contribution in [0, 0.1) is 11.3 Å². The summed E-state index contributed by atoms with van der Waals surface area (Å²) < 4.78 is 0. The van der Waals surface area contributed by atoms with Crippen molar-refractivity contribution in [3.8, 4) is 17.2 Å². The minimum atomic E-state index is -0.456. The van der Waals surface area contributed by atoms with Gasteiger partial charge in [-0.15, -0.1) is 0 Å². The molecule has 0 unspecified atom stereocenters. The van der Waals surface area contributed by atoms with Gasteiger partial charge in [-0.05, 0) is 78.8 Å². The fraction of sp³-hybridized carbons (Fsp3) is 0.212. The first-order valence-corrected chi connectivity index (χ1v) is 13.7. The van der Waals surface area contributed by atoms with E-state index in [0.29, 0.717) is 17.7 Å². The van der Waals surface area contributed by atoms with Crippen LogP contribution in [-0.2, 0) is 6.54 Å². The first-order chi connectivity index (χ1) is 20.0. The standard InChI is InChI=1S/C33H32N6O2/c34-20-24-6-19-31(36-22-24)38-28-13-17-30(18-14-28)39(33(41)37-21-23-4-2-1-3-5-23)29-15-11-26(12-16-29)25-7-9-27(10-8-25)32(35)40/h1-12,15-16,19,22,28,30H,13-14,17-18,21H2,(H2,35,40)(H,36,38)(H,37,41). The van der Waals surface area contributed by atoms with Gasteiger partial charge in [0.15, 0.2) is 0 Å². The van der Waals surface area contributed by atoms with E-state index in [-0.39, 0.29) is 18.1 Å². The summed E-state index contributed by atoms with van der Waals surface area (Å²) in [6.45, 7) is 0.446. The Hall–Kier alpha value is -5.16. The predicted octanol–water partition coefficient (Wildman–Crippen LogP) is 5.86. The lowest BCUT2D eigenvalue weighted by atomic mass is 9.89. The molecule has 5 rings (SSSR count). The maximum Gasteiger partial charge on any atom is 0.322 e. The molecule has 0 saturated heterocycles. The molecule has 0 radical (unpaired) electrons. The summed E-state index contributed by atoms with van der Waals surface area (Å²) in [7, 11) is 0. The van der Waals surface area contributed by atoms with Gasteiger partial charge < -0.3 is 16.4 Å². The van der Waals surface area contributed by atoms with E-state index in [2.05, 4.69) is 21.7 Å². The van der Waals surface area contributed by atoms with Crippen molar-refractivity contribution in [3.05, 3.63) is 114 Å². The van der Waals surface area contributed by atoms with Crippen LogP contribution in [0.15, 0.2) is 97.2 Å². The van der Waals surface area contributed by atoms with Gasteiger partial charge >= 0.3 is 6.03 Å². The zero-order valence-corrected chi connectivity index (χ0v) is 22.7. The molecule has 3 amide bonds. The van der Waals surface area contributed by atoms with Crippen molar-refractivity contribution in [3.63, 3.8) is 0 Å². The number of hydrogen-bond acceptors (Lipinski definition) is 5. The van der Waals surface area contributed by atoms with Crippen molar-refractivity contribution in [2.75, 3.05) is 10.2 Å². The average molecular weight is 545 g/mol. The van der Waals surface area contributed by atoms with Gasteiger partial charge in [-0.1, -0.05) is 54.6 Å². The smallest absolute Gasteiger partial charge is 0.322 e. The number of benzene rings is 3. The molecule has 206 valence electrons. The topological polar surface area (TPSA) is 124 Å². The Bertz CT molecular complexity index is 1510. The summed E-state index contributed by atoms with van der Waals surface area (Å²) in [5, 5.41) is 15.6. The van der Waals surface area contributed by atoms with Gasteiger partial charge in [0, 0.05) is 36.1 Å². The number of rotatable bonds is 8. The fourth-order valence-corrected chi connectivity index (χ4v) is 5.23. The molecule has 0 spiro atoms. The first kappa shape index (κ1) is 27.4. The molecule has 1 fully saturated rings. The van der Waals surface area contributed by atoms with Crippen molar-refractivity contribution in [1.82, 2.24) is 10.3 Å². The van der Waals surface area contributed by atoms with Gasteiger partial charge in [-0.2, -0.15) is 5.26 Å². The maximum atomic E-state index is 13.6. The van der Waals surface area contributed by atoms with Crippen LogP contribution in [0.3, 0.4) is 0 Å². The molecule has 8 heteroatoms. The summed E-state index contributed by atoms with van der Waals surface area (Å²) in [6, 6.07) is 30.8. The number of nitrogens with one attached hydrogen (secondary N) is 2. The number of nitriles is 1. The van der Waals surface area contributed by atoms with Crippen LogP contribution in [-0.4, -0.2) is 29.0 Å². The summed E-state index contributed by atoms with van der Waals surface area (Å²) in [6.07, 6.45) is 5.02. The molecule has 1 saturated carbocycles. The molecule has 3 aromatic carbocycles. The Kier molecular flexibility index (Phi) is 8.55. The number of aromatic nitrogens is 1. The van der Waals surface area contributed by atoms with E-state index >= 15 is 0 Å². The average Bonchev–Trinajstić information content (AvgIpc) is 3.02. The zero-order chi connectivity index (χ0) is 28.6. The molecule has 0 bridgehead atoms. The Balaban J connectivity index is 1.30. The third kappa shape index (κ3) is 6.89. The SMILES string of the molecule is N#Cc1ccc(NC2CCC(N(C(=O)NCc3ccccc3)c3ccc(-c4ccc(C(N)=O)cc4)cc3)CC2)nc1. The van der Waals surface area contributed by atoms with Gasteiger partial charge in [-0.3, -0.25) is 9.69 Å². The Labute approximate surface area is 239 Å². The molecule has 0 aliphatic heterocycles. The largest absolute Gasteiger partial charge is 0.367 e. The van der Waals surface area contributed by atoms with E-state index in [0.717, 1.165) is 53.9 Å². The minimum absolute atomic E-state index is 0.0402. The summed E-state index contributed by atoms with van der Waals surface area (Å²) in [5.41, 5.74) is 10.2. The van der Waals surface area contributed by atoms with Crippen LogP contribution in [0.5, 0.6) is 0 Å². The van der Waals surface area contributed by atoms with Gasteiger partial charge in [-0.25, -0.2) is 9.78 Å². The number of nitrogens with two attached hydrogens (primary N) is 1. The van der Waals surface area contributed by atoms with Crippen molar-refractivity contribution < 1.29 is 9.59 Å². The first-order valence-electron chi connectivity index (χ1n) is 13.7. The van der Waals surface area contributed by atoms with Crippen LogP contribution in [0.1, 0.15) is 47.2 Å². The molecule has 41 heavy (non-hydrogen) atoms. The Morgan fingerprint density at radius 1 is 0.878 bits per heavy atom. The van der Waals surface area contributed by atoms with E-state index < -0.39 is 5.91 Å². The number of urea groups is 1. The lowest BCUT2D eigenvalue weighted by Crippen LogP contribution is -2.48. The van der Waals surface area contributed by atoms with Crippen LogP contribution in [0.25, 0.3) is 11.1 Å². The Morgan fingerprint density at radius 3 is 2.12 bits per heavy atom. The second kappa shape index (κ2) is 12.8. The normalized spacial score (nSPS) is 16.3. The van der Waals surface area contributed by atoms with Gasteiger partial charge in [0.2, 0.25) is 5.91 Å². The zero-order valence-electron chi connectivity index (χ0n) is 22.7. The maximum absolute atomic E-state index is 13.6. The lowest BCUT2D eigenvalue weighted by Gasteiger charge is -2.37. The summed E-state index contributed by atoms with van der Waals surface area (Å²) >= 11 is 0. The van der Waals surface area contributed by atoms with Crippen LogP contribution >= 0.6 is 0 Å². The van der Waals surface area contributed by atoms with Gasteiger partial charge in [0.1, 0.15) is 11.9 Å². The van der Waals surface area contributed by atoms with Crippen LogP contribution in [0.2, 0.25) is 0 Å². The number of nitrogens with zero attached hydrogens (tertiary/aromatic N) is 3. The molecule has 1 heterocycles. The minimum Gasteiger partial charge on any atom is -0.367 e. The van der Waals surface area contributed by atoms with Gasteiger partial charge in [0.25, 0.3) is 0 Å². The van der Waals surface area contributed by atoms with Crippen molar-refractivity contribution >= 4 is 23.4 Å². The molecule has 1 aliphatic carbocycles. The van der Waals surface area contributed by atoms with Crippen molar-refractivity contribution in [2.45, 2.75) is 44.3 Å². The molecular weight excluding hydrogens is 512 g/mol. The highest BCUT2D eigenvalue weighted by atomic mass is 16.2. The number of hydrogen-bond donors (Lipinski definition) is 3. The number of amides is 3. The molecule has 8 nitrogen and oxygen atoms in total. The molecular formula is C33H32N6O2. The van der Waals surface area contributed by atoms with Crippen LogP contribution in [0.4, 0.5) is 16.3 Å². The van der Waals surface area contributed by atoms with Gasteiger partial charge in [0.05, 0.1) is 5.56 Å². The third-order valence-corrected chi connectivity index (χ3v) is 7.46. The predicted molar refractivity (Wildman–Crippen MR) is 160 cm³/mol. The second-order valence-corrected chi connectivity index (χ2v) is 10.2. The molecule has 1 aliphatic rings. The second-order valence-electron chi connectivity index (χ2n) is 10.2. The van der Waals surface area contributed by atoms with E-state index in [1.54, 1.807) is 24.4 Å². The number of primary amides is 1. The number of carbonyl (C=O) groups is 2. The summed E-state index contributed by atoms with van der Waals surface area (Å²) in [5.74, 6) is 0.298. The number of pyridine rings is 1. The van der Waals surface area contributed by atoms with E-state index in [1.807, 2.05) is 77.7 Å². The van der Waals surface area contributed by atoms with Crippen LogP contribution < -0.4 is 21.3 Å². The highest BCUT2D eigenvalue weighted by Crippen LogP contribution is 2.31. The quantitative estimate of drug-likeness (QED) is 0.256. The number of anilines is 2. The number of carbonyl (C=O) groups excluding carboxylic acids is 2. The molecule has 0 atom stereocenters. The van der Waals surface area contributed by atoms with Crippen molar-refractivity contribution in [2.24, 2.45) is 5.73 Å².